The number of hydrogen-bond acceptors (Lipinski definition) is 7. The van der Waals surface area contributed by atoms with E-state index < -0.39 is 22.0 Å². The van der Waals surface area contributed by atoms with E-state index in [0.717, 1.165) is 38.8 Å². The summed E-state index contributed by atoms with van der Waals surface area (Å²) in [6, 6.07) is 7.45. The molecule has 2 aliphatic heterocycles. The molecule has 2 saturated heterocycles. The van der Waals surface area contributed by atoms with Crippen LogP contribution in [0.3, 0.4) is 0 Å². The summed E-state index contributed by atoms with van der Waals surface area (Å²) in [5, 5.41) is 11.0. The molecule has 0 N–H and O–H groups in total. The minimum Gasteiger partial charge on any atom is -0.492 e. The Morgan fingerprint density at radius 3 is 2.58 bits per heavy atom. The molecule has 10 heteroatoms. The first kappa shape index (κ1) is 26.2. The first-order valence-electron chi connectivity index (χ1n) is 13.6. The van der Waals surface area contributed by atoms with Crippen molar-refractivity contribution in [1.29, 1.82) is 0 Å². The van der Waals surface area contributed by atoms with E-state index in [9.17, 15) is 19.7 Å². The van der Waals surface area contributed by atoms with Crippen molar-refractivity contribution in [2.24, 2.45) is 5.92 Å². The van der Waals surface area contributed by atoms with E-state index in [1.54, 1.807) is 6.20 Å². The molecule has 0 spiro atoms. The minimum atomic E-state index is -0.552. The Morgan fingerprint density at radius 2 is 1.93 bits per heavy atom. The zero-order valence-corrected chi connectivity index (χ0v) is 22.5. The van der Waals surface area contributed by atoms with Gasteiger partial charge in [-0.3, -0.25) is 19.7 Å². The fourth-order valence-corrected chi connectivity index (χ4v) is 6.30. The molecule has 2 atom stereocenters. The molecule has 2 unspecified atom stereocenters. The number of hydrogen-bond donors (Lipinski definition) is 0. The van der Waals surface area contributed by atoms with Crippen LogP contribution in [0.5, 0.6) is 5.75 Å². The average molecular weight is 547 g/mol. The number of non-ortho nitro benzene ring substituents is 1. The summed E-state index contributed by atoms with van der Waals surface area (Å²) < 4.78 is 23.6. The molecule has 6 rings (SSSR count). The number of fused-ring (bicyclic) bond motifs is 2. The predicted octanol–water partition coefficient (Wildman–Crippen LogP) is 4.82. The van der Waals surface area contributed by atoms with Crippen molar-refractivity contribution in [1.82, 2.24) is 9.47 Å². The molecule has 3 fully saturated rings. The number of rotatable bonds is 7. The molecular weight excluding hydrogens is 515 g/mol. The Hall–Kier alpha value is -4.05. The minimum absolute atomic E-state index is 0.0550. The van der Waals surface area contributed by atoms with Gasteiger partial charge in [-0.15, -0.1) is 0 Å². The lowest BCUT2D eigenvalue weighted by Gasteiger charge is -2.33. The molecule has 3 aromatic rings. The van der Waals surface area contributed by atoms with Crippen LogP contribution in [0.25, 0.3) is 17.0 Å². The van der Waals surface area contributed by atoms with Crippen LogP contribution in [-0.2, 0) is 0 Å². The van der Waals surface area contributed by atoms with Crippen LogP contribution >= 0.6 is 0 Å². The second kappa shape index (κ2) is 10.2. The van der Waals surface area contributed by atoms with Crippen molar-refractivity contribution in [3.05, 3.63) is 79.9 Å². The van der Waals surface area contributed by atoms with Gasteiger partial charge in [0.25, 0.3) is 5.69 Å². The molecule has 2 aromatic carbocycles. The number of anilines is 1. The van der Waals surface area contributed by atoms with Crippen molar-refractivity contribution in [3.8, 4) is 5.75 Å². The maximum atomic E-state index is 15.9. The summed E-state index contributed by atoms with van der Waals surface area (Å²) in [4.78, 5) is 41.6. The molecule has 1 aliphatic carbocycles. The van der Waals surface area contributed by atoms with Crippen molar-refractivity contribution in [2.45, 2.75) is 37.8 Å². The smallest absolute Gasteiger partial charge is 0.269 e. The number of methoxy groups -OCH3 is 1. The quantitative estimate of drug-likeness (QED) is 0.181. The number of carbonyl (C=O) groups excluding carboxylic acids is 1. The molecule has 9 nitrogen and oxygen atoms in total. The molecule has 3 heterocycles. The van der Waals surface area contributed by atoms with Gasteiger partial charge in [0.15, 0.2) is 17.3 Å². The SMILES string of the molecule is COc1c(N2CC3CCCN(C)C3C2)c(F)cc2c(=O)c(C(=O)/C=C/c3ccc([N+](=O)[O-])cc3)cn(C3CC3)c12. The van der Waals surface area contributed by atoms with Gasteiger partial charge in [-0.05, 0) is 75.0 Å². The Balaban J connectivity index is 1.41. The summed E-state index contributed by atoms with van der Waals surface area (Å²) in [5.41, 5.74) is 0.815. The number of allylic oxidation sites excluding steroid dienone is 1. The third kappa shape index (κ3) is 4.56. The number of carbonyl (C=O) groups is 1. The van der Waals surface area contributed by atoms with Crippen molar-refractivity contribution < 1.29 is 18.8 Å². The summed E-state index contributed by atoms with van der Waals surface area (Å²) >= 11 is 0. The van der Waals surface area contributed by atoms with Gasteiger partial charge in [-0.2, -0.15) is 0 Å². The molecule has 0 bridgehead atoms. The second-order valence-electron chi connectivity index (χ2n) is 11.0. The van der Waals surface area contributed by atoms with Gasteiger partial charge in [0.1, 0.15) is 5.69 Å². The summed E-state index contributed by atoms with van der Waals surface area (Å²) in [5.74, 6) is -0.265. The normalized spacial score (nSPS) is 21.2. The molecule has 0 amide bonds. The van der Waals surface area contributed by atoms with E-state index in [4.69, 9.17) is 4.74 Å². The zero-order chi connectivity index (χ0) is 28.1. The first-order valence-corrected chi connectivity index (χ1v) is 13.6. The van der Waals surface area contributed by atoms with E-state index in [2.05, 4.69) is 16.8 Å². The van der Waals surface area contributed by atoms with E-state index in [1.807, 2.05) is 4.57 Å². The number of nitro groups is 1. The van der Waals surface area contributed by atoms with Crippen LogP contribution in [0.1, 0.15) is 47.6 Å². The fraction of sp³-hybridized carbons (Fsp3) is 0.400. The van der Waals surface area contributed by atoms with E-state index in [0.29, 0.717) is 41.0 Å². The molecule has 208 valence electrons. The number of likely N-dealkylation sites (tertiary alicyclic amines) is 1. The van der Waals surface area contributed by atoms with Gasteiger partial charge < -0.3 is 19.1 Å². The third-order valence-corrected chi connectivity index (χ3v) is 8.51. The van der Waals surface area contributed by atoms with Gasteiger partial charge >= 0.3 is 0 Å². The number of likely N-dealkylation sites (N-methyl/N-ethyl adjacent to an activating group) is 1. The monoisotopic (exact) mass is 546 g/mol. The number of ether oxygens (including phenoxy) is 1. The summed E-state index contributed by atoms with van der Waals surface area (Å²) in [7, 11) is 3.62. The van der Waals surface area contributed by atoms with Crippen molar-refractivity contribution in [2.75, 3.05) is 38.7 Å². The number of benzene rings is 2. The standard InChI is InChI=1S/C30H31FN4O5/c1-32-13-3-4-19-15-33(17-25(19)32)28-24(31)14-22-27(30(28)40-2)34(20-10-11-20)16-23(29(22)37)26(36)12-7-18-5-8-21(9-6-18)35(38)39/h5-9,12,14,16,19-20,25H,3-4,10-11,13,15,17H2,1-2H3/b12-7+. The molecule has 40 heavy (non-hydrogen) atoms. The molecule has 1 aromatic heterocycles. The number of pyridine rings is 1. The number of aromatic nitrogens is 1. The van der Waals surface area contributed by atoms with E-state index in [-0.39, 0.29) is 22.7 Å². The van der Waals surface area contributed by atoms with Crippen LogP contribution in [0.15, 0.2) is 47.4 Å². The molecular formula is C30H31FN4O5. The van der Waals surface area contributed by atoms with Crippen LogP contribution in [-0.4, -0.2) is 60.0 Å². The van der Waals surface area contributed by atoms with E-state index >= 15 is 4.39 Å². The Labute approximate surface area is 230 Å². The van der Waals surface area contributed by atoms with Crippen molar-refractivity contribution >= 4 is 34.1 Å². The second-order valence-corrected chi connectivity index (χ2v) is 11.0. The lowest BCUT2D eigenvalue weighted by Crippen LogP contribution is -2.42. The largest absolute Gasteiger partial charge is 0.492 e. The number of nitrogens with zero attached hydrogens (tertiary/aromatic N) is 4. The summed E-state index contributed by atoms with van der Waals surface area (Å²) in [6.07, 6.45) is 8.36. The van der Waals surface area contributed by atoms with Crippen LogP contribution in [0.2, 0.25) is 0 Å². The van der Waals surface area contributed by atoms with Crippen molar-refractivity contribution in [3.63, 3.8) is 0 Å². The fourth-order valence-electron chi connectivity index (χ4n) is 6.30. The van der Waals surface area contributed by atoms with Gasteiger partial charge in [0.2, 0.25) is 5.43 Å². The average Bonchev–Trinajstić information content (AvgIpc) is 3.70. The maximum absolute atomic E-state index is 15.9. The highest BCUT2D eigenvalue weighted by Crippen LogP contribution is 2.45. The first-order chi connectivity index (χ1) is 19.3. The number of halogens is 1. The molecule has 0 radical (unpaired) electrons. The maximum Gasteiger partial charge on any atom is 0.269 e. The Kier molecular flexibility index (Phi) is 6.66. The highest BCUT2D eigenvalue weighted by molar-refractivity contribution is 6.08. The Morgan fingerprint density at radius 1 is 1.18 bits per heavy atom. The zero-order valence-electron chi connectivity index (χ0n) is 22.5. The Bertz CT molecular complexity index is 1590. The third-order valence-electron chi connectivity index (χ3n) is 8.51. The van der Waals surface area contributed by atoms with Gasteiger partial charge in [-0.1, -0.05) is 6.08 Å². The van der Waals surface area contributed by atoms with Crippen LogP contribution in [0.4, 0.5) is 15.8 Å². The van der Waals surface area contributed by atoms with Gasteiger partial charge in [0.05, 0.1) is 28.5 Å². The van der Waals surface area contributed by atoms with Gasteiger partial charge in [-0.25, -0.2) is 4.39 Å². The van der Waals surface area contributed by atoms with Crippen LogP contribution in [0, 0.1) is 21.8 Å². The molecule has 1 saturated carbocycles. The highest BCUT2D eigenvalue weighted by atomic mass is 19.1. The lowest BCUT2D eigenvalue weighted by molar-refractivity contribution is -0.384. The topological polar surface area (TPSA) is 97.9 Å². The summed E-state index contributed by atoms with van der Waals surface area (Å²) in [6.45, 7) is 2.45. The molecule has 3 aliphatic rings. The lowest BCUT2D eigenvalue weighted by atomic mass is 9.93. The van der Waals surface area contributed by atoms with Crippen LogP contribution < -0.4 is 15.1 Å². The number of ketones is 1. The number of piperidine rings is 1. The highest BCUT2D eigenvalue weighted by Gasteiger charge is 2.40. The van der Waals surface area contributed by atoms with E-state index in [1.165, 1.54) is 49.6 Å². The number of nitro benzene ring substituents is 1. The predicted molar refractivity (Wildman–Crippen MR) is 151 cm³/mol. The van der Waals surface area contributed by atoms with Gasteiger partial charge in [0, 0.05) is 43.5 Å².